The average Bonchev–Trinajstić information content (AvgIpc) is 3.87. The first-order chi connectivity index (χ1) is 24.6. The SMILES string of the molecule is C[C@@H](Cl)[C@H]1CN(C(=O)c2cc3cc(NC(=O)c4cc5ccccc5[nH]4)ccc3[nH]2)c2cc(O[C@@H]3O[C@H](CO)[C@H](O)[C@H](O)[C@H]3O)c3c(c21)CCCC3. The van der Waals surface area contributed by atoms with Crippen molar-refractivity contribution in [1.82, 2.24) is 9.97 Å². The number of para-hydroxylation sites is 1. The van der Waals surface area contributed by atoms with Crippen molar-refractivity contribution in [2.75, 3.05) is 23.4 Å². The molecule has 1 fully saturated rings. The number of aromatic nitrogens is 2. The molecule has 266 valence electrons. The Balaban J connectivity index is 1.10. The van der Waals surface area contributed by atoms with E-state index in [1.54, 1.807) is 29.2 Å². The predicted molar refractivity (Wildman–Crippen MR) is 192 cm³/mol. The number of aliphatic hydroxyl groups excluding tert-OH is 4. The number of anilines is 2. The van der Waals surface area contributed by atoms with Crippen molar-refractivity contribution in [3.05, 3.63) is 88.7 Å². The van der Waals surface area contributed by atoms with Crippen molar-refractivity contribution < 1.29 is 39.5 Å². The van der Waals surface area contributed by atoms with Gasteiger partial charge in [-0.05, 0) is 85.7 Å². The normalized spacial score (nSPS) is 25.1. The molecular formula is C38H39ClN4O8. The van der Waals surface area contributed by atoms with Crippen LogP contribution in [0, 0.1) is 0 Å². The second-order valence-corrected chi connectivity index (χ2v) is 14.4. The van der Waals surface area contributed by atoms with Crippen LogP contribution >= 0.6 is 11.6 Å². The summed E-state index contributed by atoms with van der Waals surface area (Å²) in [6.07, 6.45) is -3.84. The lowest BCUT2D eigenvalue weighted by Gasteiger charge is -2.40. The second kappa shape index (κ2) is 13.3. The number of carbonyl (C=O) groups excluding carboxylic acids is 2. The summed E-state index contributed by atoms with van der Waals surface area (Å²) in [7, 11) is 0. The Bertz CT molecular complexity index is 2110. The molecule has 2 amide bonds. The summed E-state index contributed by atoms with van der Waals surface area (Å²) in [5.74, 6) is -0.294. The lowest BCUT2D eigenvalue weighted by Crippen LogP contribution is -2.60. The highest BCUT2D eigenvalue weighted by atomic mass is 35.5. The minimum absolute atomic E-state index is 0.144. The highest BCUT2D eigenvalue weighted by Crippen LogP contribution is 2.49. The minimum atomic E-state index is -1.59. The van der Waals surface area contributed by atoms with Crippen LogP contribution in [0.2, 0.25) is 0 Å². The van der Waals surface area contributed by atoms with Crippen LogP contribution in [0.15, 0.2) is 60.7 Å². The van der Waals surface area contributed by atoms with Crippen LogP contribution in [0.3, 0.4) is 0 Å². The van der Waals surface area contributed by atoms with Crippen LogP contribution in [0.1, 0.15) is 63.4 Å². The third-order valence-corrected chi connectivity index (χ3v) is 10.8. The maximum atomic E-state index is 14.3. The van der Waals surface area contributed by atoms with Crippen LogP contribution in [-0.4, -0.2) is 91.4 Å². The fourth-order valence-corrected chi connectivity index (χ4v) is 7.97. The number of rotatable bonds is 7. The molecule has 4 heterocycles. The molecular weight excluding hydrogens is 676 g/mol. The minimum Gasteiger partial charge on any atom is -0.462 e. The van der Waals surface area contributed by atoms with E-state index in [-0.39, 0.29) is 23.1 Å². The molecule has 3 aliphatic rings. The molecule has 7 N–H and O–H groups in total. The summed E-state index contributed by atoms with van der Waals surface area (Å²) in [5.41, 5.74) is 6.59. The summed E-state index contributed by atoms with van der Waals surface area (Å²) >= 11 is 6.79. The van der Waals surface area contributed by atoms with Crippen molar-refractivity contribution in [1.29, 1.82) is 0 Å². The third kappa shape index (κ3) is 5.95. The first kappa shape index (κ1) is 33.7. The maximum Gasteiger partial charge on any atom is 0.274 e. The van der Waals surface area contributed by atoms with E-state index < -0.39 is 37.3 Å². The molecule has 2 aromatic heterocycles. The number of H-pyrrole nitrogens is 2. The number of carbonyl (C=O) groups is 2. The number of hydrogen-bond donors (Lipinski definition) is 7. The van der Waals surface area contributed by atoms with E-state index in [0.29, 0.717) is 41.5 Å². The van der Waals surface area contributed by atoms with Crippen LogP contribution in [-0.2, 0) is 17.6 Å². The van der Waals surface area contributed by atoms with Gasteiger partial charge in [0, 0.05) is 51.4 Å². The molecule has 0 spiro atoms. The van der Waals surface area contributed by atoms with E-state index in [1.807, 2.05) is 43.3 Å². The Morgan fingerprint density at radius 3 is 2.43 bits per heavy atom. The van der Waals surface area contributed by atoms with Gasteiger partial charge in [0.1, 0.15) is 41.6 Å². The Morgan fingerprint density at radius 2 is 1.67 bits per heavy atom. The summed E-state index contributed by atoms with van der Waals surface area (Å²) in [6, 6.07) is 18.4. The first-order valence-electron chi connectivity index (χ1n) is 17.2. The van der Waals surface area contributed by atoms with Gasteiger partial charge in [0.15, 0.2) is 0 Å². The Hall–Kier alpha value is -4.43. The standard InChI is InChI=1S/C38H39ClN4O8/c1-18(39)24-16-43(29-15-30(22-7-3-4-8-23(22)32(24)29)50-38-35(47)34(46)33(45)31(17-44)51-38)37(49)28-14-20-12-21(10-11-26(20)42-28)40-36(48)27-13-19-6-2-5-9-25(19)41-27/h2,5-6,9-15,18,24,31,33-35,38,41-42,44-47H,3-4,7-8,16-17H2,1H3,(H,40,48)/t18-,24-,31-,33+,34+,35-,38-/m1/s1. The van der Waals surface area contributed by atoms with E-state index in [1.165, 1.54) is 0 Å². The number of aliphatic hydroxyl groups is 4. The number of amides is 2. The van der Waals surface area contributed by atoms with E-state index in [0.717, 1.165) is 57.8 Å². The van der Waals surface area contributed by atoms with Gasteiger partial charge < -0.3 is 50.1 Å². The number of hydrogen-bond acceptors (Lipinski definition) is 8. The largest absolute Gasteiger partial charge is 0.462 e. The Morgan fingerprint density at radius 1 is 0.941 bits per heavy atom. The van der Waals surface area contributed by atoms with E-state index in [4.69, 9.17) is 21.1 Å². The van der Waals surface area contributed by atoms with Crippen molar-refractivity contribution in [3.63, 3.8) is 0 Å². The van der Waals surface area contributed by atoms with Crippen molar-refractivity contribution in [2.45, 2.75) is 74.6 Å². The zero-order chi connectivity index (χ0) is 35.6. The lowest BCUT2D eigenvalue weighted by molar-refractivity contribution is -0.277. The second-order valence-electron chi connectivity index (χ2n) is 13.7. The molecule has 13 heteroatoms. The van der Waals surface area contributed by atoms with Crippen LogP contribution in [0.25, 0.3) is 21.8 Å². The van der Waals surface area contributed by atoms with Gasteiger partial charge in [-0.2, -0.15) is 0 Å². The molecule has 0 saturated carbocycles. The molecule has 5 aromatic rings. The Labute approximate surface area is 297 Å². The number of ether oxygens (including phenoxy) is 2. The zero-order valence-electron chi connectivity index (χ0n) is 27.8. The molecule has 7 atom stereocenters. The summed E-state index contributed by atoms with van der Waals surface area (Å²) in [5, 5.41) is 45.5. The predicted octanol–water partition coefficient (Wildman–Crippen LogP) is 4.33. The first-order valence-corrected chi connectivity index (χ1v) is 17.7. The fourth-order valence-electron chi connectivity index (χ4n) is 7.77. The third-order valence-electron chi connectivity index (χ3n) is 10.4. The molecule has 1 saturated heterocycles. The van der Waals surface area contributed by atoms with Gasteiger partial charge in [0.2, 0.25) is 6.29 Å². The molecule has 2 aliphatic heterocycles. The molecule has 51 heavy (non-hydrogen) atoms. The van der Waals surface area contributed by atoms with Crippen LogP contribution < -0.4 is 15.0 Å². The van der Waals surface area contributed by atoms with Gasteiger partial charge in [-0.1, -0.05) is 18.2 Å². The number of nitrogens with one attached hydrogen (secondary N) is 3. The molecule has 0 radical (unpaired) electrons. The monoisotopic (exact) mass is 714 g/mol. The van der Waals surface area contributed by atoms with Gasteiger partial charge in [0.25, 0.3) is 11.8 Å². The number of fused-ring (bicyclic) bond motifs is 5. The highest BCUT2D eigenvalue weighted by Gasteiger charge is 2.46. The quantitative estimate of drug-likeness (QED) is 0.122. The zero-order valence-corrected chi connectivity index (χ0v) is 28.6. The molecule has 3 aromatic carbocycles. The Kier molecular flexibility index (Phi) is 8.77. The van der Waals surface area contributed by atoms with Crippen LogP contribution in [0.4, 0.5) is 11.4 Å². The molecule has 0 bridgehead atoms. The highest BCUT2D eigenvalue weighted by molar-refractivity contribution is 6.21. The van der Waals surface area contributed by atoms with Gasteiger partial charge in [-0.25, -0.2) is 0 Å². The fraction of sp³-hybridized carbons (Fsp3) is 0.368. The van der Waals surface area contributed by atoms with Crippen molar-refractivity contribution in [3.8, 4) is 5.75 Å². The summed E-state index contributed by atoms with van der Waals surface area (Å²) in [4.78, 5) is 35.5. The maximum absolute atomic E-state index is 14.3. The number of nitrogens with zero attached hydrogens (tertiary/aromatic N) is 1. The van der Waals surface area contributed by atoms with Gasteiger partial charge in [0.05, 0.1) is 12.3 Å². The molecule has 8 rings (SSSR count). The smallest absolute Gasteiger partial charge is 0.274 e. The molecule has 12 nitrogen and oxygen atoms in total. The molecule has 0 unspecified atom stereocenters. The van der Waals surface area contributed by atoms with Crippen molar-refractivity contribution >= 4 is 56.6 Å². The van der Waals surface area contributed by atoms with Gasteiger partial charge in [-0.3, -0.25) is 9.59 Å². The van der Waals surface area contributed by atoms with Gasteiger partial charge >= 0.3 is 0 Å². The van der Waals surface area contributed by atoms with E-state index in [2.05, 4.69) is 15.3 Å². The number of alkyl halides is 1. The van der Waals surface area contributed by atoms with Crippen LogP contribution in [0.5, 0.6) is 5.75 Å². The summed E-state index contributed by atoms with van der Waals surface area (Å²) in [6.45, 7) is 1.69. The summed E-state index contributed by atoms with van der Waals surface area (Å²) < 4.78 is 11.9. The number of halogens is 1. The number of benzene rings is 3. The van der Waals surface area contributed by atoms with Gasteiger partial charge in [-0.15, -0.1) is 11.6 Å². The topological polar surface area (TPSA) is 180 Å². The van der Waals surface area contributed by atoms with Crippen molar-refractivity contribution in [2.24, 2.45) is 0 Å². The number of aromatic amines is 2. The lowest BCUT2D eigenvalue weighted by atomic mass is 9.82. The van der Waals surface area contributed by atoms with E-state index >= 15 is 0 Å². The van der Waals surface area contributed by atoms with E-state index in [9.17, 15) is 30.0 Å². The average molecular weight is 715 g/mol. The molecule has 1 aliphatic carbocycles.